The fraction of sp³-hybridized carbons (Fsp3) is 0. The molecular formula is C23H17N3O2. The van der Waals surface area contributed by atoms with E-state index in [0.29, 0.717) is 5.82 Å². The van der Waals surface area contributed by atoms with E-state index in [2.05, 4.69) is 9.97 Å². The van der Waals surface area contributed by atoms with Crippen LogP contribution in [0.25, 0.3) is 11.3 Å². The van der Waals surface area contributed by atoms with Crippen LogP contribution in [0, 0.1) is 0 Å². The minimum atomic E-state index is -1.06. The molecule has 5 nitrogen and oxygen atoms in total. The smallest absolute Gasteiger partial charge is 0.354 e. The molecule has 0 fully saturated rings. The fourth-order valence-electron chi connectivity index (χ4n) is 3.00. The SMILES string of the molecule is O=C(O)c1cccc(N(c2ccccc2)c2cccc(-c3ccccn3)c2)n1. The highest BCUT2D eigenvalue weighted by Crippen LogP contribution is 2.35. The number of carboxylic acid groups (broad SMARTS) is 1. The van der Waals surface area contributed by atoms with Crippen molar-refractivity contribution in [2.45, 2.75) is 0 Å². The molecular weight excluding hydrogens is 350 g/mol. The molecule has 2 heterocycles. The lowest BCUT2D eigenvalue weighted by atomic mass is 10.1. The number of aromatic carboxylic acids is 1. The molecule has 0 aliphatic carbocycles. The van der Waals surface area contributed by atoms with E-state index in [1.807, 2.05) is 77.7 Å². The predicted molar refractivity (Wildman–Crippen MR) is 109 cm³/mol. The first-order valence-corrected chi connectivity index (χ1v) is 8.79. The largest absolute Gasteiger partial charge is 0.477 e. The van der Waals surface area contributed by atoms with Gasteiger partial charge in [0.2, 0.25) is 0 Å². The Hall–Kier alpha value is -3.99. The van der Waals surface area contributed by atoms with Crippen LogP contribution in [0.3, 0.4) is 0 Å². The Labute approximate surface area is 162 Å². The number of anilines is 3. The van der Waals surface area contributed by atoms with Crippen LogP contribution in [0.4, 0.5) is 17.2 Å². The van der Waals surface area contributed by atoms with Crippen LogP contribution >= 0.6 is 0 Å². The second kappa shape index (κ2) is 7.72. The summed E-state index contributed by atoms with van der Waals surface area (Å²) in [6, 6.07) is 28.4. The highest BCUT2D eigenvalue weighted by Gasteiger charge is 2.16. The molecule has 28 heavy (non-hydrogen) atoms. The van der Waals surface area contributed by atoms with Gasteiger partial charge in [0.1, 0.15) is 5.82 Å². The minimum Gasteiger partial charge on any atom is -0.477 e. The summed E-state index contributed by atoms with van der Waals surface area (Å²) >= 11 is 0. The Balaban J connectivity index is 1.86. The van der Waals surface area contributed by atoms with Crippen molar-refractivity contribution < 1.29 is 9.90 Å². The van der Waals surface area contributed by atoms with Crippen LogP contribution in [0.5, 0.6) is 0 Å². The number of nitrogens with zero attached hydrogens (tertiary/aromatic N) is 3. The van der Waals surface area contributed by atoms with E-state index >= 15 is 0 Å². The number of hydrogen-bond donors (Lipinski definition) is 1. The molecule has 5 heteroatoms. The summed E-state index contributed by atoms with van der Waals surface area (Å²) in [4.78, 5) is 22.1. The normalized spacial score (nSPS) is 10.4. The number of para-hydroxylation sites is 1. The molecule has 2 aromatic carbocycles. The number of pyridine rings is 2. The van der Waals surface area contributed by atoms with E-state index in [-0.39, 0.29) is 5.69 Å². The van der Waals surface area contributed by atoms with E-state index in [1.165, 1.54) is 6.07 Å². The van der Waals surface area contributed by atoms with Gasteiger partial charge in [0.25, 0.3) is 0 Å². The van der Waals surface area contributed by atoms with Gasteiger partial charge in [-0.15, -0.1) is 0 Å². The number of hydrogen-bond acceptors (Lipinski definition) is 4. The van der Waals surface area contributed by atoms with Crippen molar-refractivity contribution in [3.63, 3.8) is 0 Å². The molecule has 0 bridgehead atoms. The number of carboxylic acids is 1. The third kappa shape index (κ3) is 3.59. The summed E-state index contributed by atoms with van der Waals surface area (Å²) < 4.78 is 0. The van der Waals surface area contributed by atoms with Crippen molar-refractivity contribution in [1.29, 1.82) is 0 Å². The zero-order chi connectivity index (χ0) is 19.3. The van der Waals surface area contributed by atoms with Gasteiger partial charge < -0.3 is 5.11 Å². The highest BCUT2D eigenvalue weighted by molar-refractivity contribution is 5.86. The van der Waals surface area contributed by atoms with E-state index in [0.717, 1.165) is 22.6 Å². The van der Waals surface area contributed by atoms with E-state index in [9.17, 15) is 9.90 Å². The maximum atomic E-state index is 11.4. The highest BCUT2D eigenvalue weighted by atomic mass is 16.4. The average Bonchev–Trinajstić information content (AvgIpc) is 2.76. The predicted octanol–water partition coefficient (Wildman–Crippen LogP) is 5.31. The molecule has 4 rings (SSSR count). The zero-order valence-corrected chi connectivity index (χ0v) is 14.9. The molecule has 1 N–H and O–H groups in total. The first-order chi connectivity index (χ1) is 13.7. The molecule has 0 spiro atoms. The molecule has 136 valence electrons. The van der Waals surface area contributed by atoms with Gasteiger partial charge in [0, 0.05) is 23.1 Å². The fourth-order valence-corrected chi connectivity index (χ4v) is 3.00. The van der Waals surface area contributed by atoms with Crippen LogP contribution in [0.15, 0.2) is 97.2 Å². The maximum absolute atomic E-state index is 11.4. The van der Waals surface area contributed by atoms with E-state index in [4.69, 9.17) is 0 Å². The molecule has 0 atom stereocenters. The first kappa shape index (κ1) is 17.4. The topological polar surface area (TPSA) is 66.3 Å². The standard InChI is InChI=1S/C23H17N3O2/c27-23(28)21-13-7-14-22(25-21)26(18-9-2-1-3-10-18)19-11-6-8-17(16-19)20-12-4-5-15-24-20/h1-16H,(H,27,28). The lowest BCUT2D eigenvalue weighted by molar-refractivity contribution is 0.0690. The third-order valence-electron chi connectivity index (χ3n) is 4.26. The summed E-state index contributed by atoms with van der Waals surface area (Å²) in [6.45, 7) is 0. The number of benzene rings is 2. The van der Waals surface area contributed by atoms with Gasteiger partial charge in [-0.05, 0) is 48.5 Å². The molecule has 0 aliphatic heterocycles. The van der Waals surface area contributed by atoms with E-state index in [1.54, 1.807) is 18.3 Å². The van der Waals surface area contributed by atoms with Crippen LogP contribution in [-0.4, -0.2) is 21.0 Å². The summed E-state index contributed by atoms with van der Waals surface area (Å²) in [5.41, 5.74) is 3.58. The Kier molecular flexibility index (Phi) is 4.80. The number of aromatic nitrogens is 2. The second-order valence-corrected chi connectivity index (χ2v) is 6.12. The second-order valence-electron chi connectivity index (χ2n) is 6.12. The molecule has 0 unspecified atom stereocenters. The molecule has 2 aromatic heterocycles. The van der Waals surface area contributed by atoms with Gasteiger partial charge in [-0.1, -0.05) is 42.5 Å². The van der Waals surface area contributed by atoms with Gasteiger partial charge in [-0.25, -0.2) is 9.78 Å². The Bertz CT molecular complexity index is 1100. The average molecular weight is 367 g/mol. The van der Waals surface area contributed by atoms with Crippen molar-refractivity contribution in [2.24, 2.45) is 0 Å². The molecule has 0 aliphatic rings. The van der Waals surface area contributed by atoms with Gasteiger partial charge in [0.15, 0.2) is 5.69 Å². The van der Waals surface area contributed by atoms with Gasteiger partial charge >= 0.3 is 5.97 Å². The van der Waals surface area contributed by atoms with Gasteiger partial charge in [-0.3, -0.25) is 9.88 Å². The van der Waals surface area contributed by atoms with Crippen molar-refractivity contribution in [3.8, 4) is 11.3 Å². The van der Waals surface area contributed by atoms with Crippen molar-refractivity contribution >= 4 is 23.2 Å². The molecule has 0 radical (unpaired) electrons. The lowest BCUT2D eigenvalue weighted by Crippen LogP contribution is -2.13. The Morgan fingerprint density at radius 3 is 2.29 bits per heavy atom. The van der Waals surface area contributed by atoms with Gasteiger partial charge in [0.05, 0.1) is 5.69 Å². The molecule has 4 aromatic rings. The van der Waals surface area contributed by atoms with Crippen LogP contribution in [-0.2, 0) is 0 Å². The quantitative estimate of drug-likeness (QED) is 0.518. The Morgan fingerprint density at radius 2 is 1.54 bits per heavy atom. The third-order valence-corrected chi connectivity index (χ3v) is 4.26. The molecule has 0 amide bonds. The van der Waals surface area contributed by atoms with Crippen molar-refractivity contribution in [3.05, 3.63) is 103 Å². The summed E-state index contributed by atoms with van der Waals surface area (Å²) in [5.74, 6) is -0.527. The Morgan fingerprint density at radius 1 is 0.786 bits per heavy atom. The first-order valence-electron chi connectivity index (χ1n) is 8.79. The summed E-state index contributed by atoms with van der Waals surface area (Å²) in [7, 11) is 0. The van der Waals surface area contributed by atoms with Crippen molar-refractivity contribution in [2.75, 3.05) is 4.90 Å². The molecule has 0 saturated carbocycles. The number of carbonyl (C=O) groups is 1. The van der Waals surface area contributed by atoms with Crippen molar-refractivity contribution in [1.82, 2.24) is 9.97 Å². The monoisotopic (exact) mass is 367 g/mol. The summed E-state index contributed by atoms with van der Waals surface area (Å²) in [5, 5.41) is 9.34. The number of rotatable bonds is 5. The zero-order valence-electron chi connectivity index (χ0n) is 14.9. The van der Waals surface area contributed by atoms with Crippen LogP contribution in [0.2, 0.25) is 0 Å². The minimum absolute atomic E-state index is 0.000637. The van der Waals surface area contributed by atoms with Crippen LogP contribution < -0.4 is 4.90 Å². The van der Waals surface area contributed by atoms with Gasteiger partial charge in [-0.2, -0.15) is 0 Å². The maximum Gasteiger partial charge on any atom is 0.354 e. The van der Waals surface area contributed by atoms with Crippen LogP contribution in [0.1, 0.15) is 10.5 Å². The molecule has 0 saturated heterocycles. The summed E-state index contributed by atoms with van der Waals surface area (Å²) in [6.07, 6.45) is 1.76. The van der Waals surface area contributed by atoms with E-state index < -0.39 is 5.97 Å². The lowest BCUT2D eigenvalue weighted by Gasteiger charge is -2.25.